The summed E-state index contributed by atoms with van der Waals surface area (Å²) in [5.41, 5.74) is 1.87. The summed E-state index contributed by atoms with van der Waals surface area (Å²) in [4.78, 5) is 15.6. The first-order valence-electron chi connectivity index (χ1n) is 7.10. The quantitative estimate of drug-likeness (QED) is 0.907. The smallest absolute Gasteiger partial charge is 0.161 e. The molecule has 6 nitrogen and oxygen atoms in total. The number of nitrogens with one attached hydrogen (secondary N) is 1. The Labute approximate surface area is 124 Å². The number of methoxy groups -OCH3 is 1. The van der Waals surface area contributed by atoms with E-state index in [0.717, 1.165) is 49.1 Å². The first kappa shape index (κ1) is 13.9. The van der Waals surface area contributed by atoms with Crippen molar-refractivity contribution in [2.75, 3.05) is 38.2 Å². The summed E-state index contributed by atoms with van der Waals surface area (Å²) >= 11 is 0. The van der Waals surface area contributed by atoms with Gasteiger partial charge in [-0.25, -0.2) is 9.97 Å². The van der Waals surface area contributed by atoms with Crippen molar-refractivity contribution >= 4 is 5.82 Å². The molecule has 1 aliphatic heterocycles. The van der Waals surface area contributed by atoms with Crippen molar-refractivity contribution in [3.05, 3.63) is 36.3 Å². The Morgan fingerprint density at radius 1 is 1.19 bits per heavy atom. The van der Waals surface area contributed by atoms with Crippen LogP contribution in [0.2, 0.25) is 0 Å². The molecular formula is C15H19N5O. The fourth-order valence-corrected chi connectivity index (χ4v) is 2.39. The molecule has 0 saturated carbocycles. The molecular weight excluding hydrogens is 266 g/mol. The third-order valence-electron chi connectivity index (χ3n) is 3.44. The minimum absolute atomic E-state index is 0.486. The van der Waals surface area contributed by atoms with E-state index < -0.39 is 0 Å². The maximum Gasteiger partial charge on any atom is 0.161 e. The molecule has 0 aromatic carbocycles. The molecule has 0 amide bonds. The minimum Gasteiger partial charge on any atom is -0.378 e. The molecule has 110 valence electrons. The summed E-state index contributed by atoms with van der Waals surface area (Å²) in [7, 11) is 1.68. The molecule has 3 rings (SSSR count). The Bertz CT molecular complexity index is 584. The standard InChI is InChI=1S/C15H19N5O/c1-21-11-13-10-14(20-8-6-17-7-9-20)19-15(18-13)12-2-4-16-5-3-12/h2-5,10,17H,6-9,11H2,1H3. The third-order valence-corrected chi connectivity index (χ3v) is 3.44. The Balaban J connectivity index is 1.97. The van der Waals surface area contributed by atoms with E-state index in [9.17, 15) is 0 Å². The molecule has 0 unspecified atom stereocenters. The Morgan fingerprint density at radius 3 is 2.67 bits per heavy atom. The van der Waals surface area contributed by atoms with Crippen LogP contribution in [-0.2, 0) is 11.3 Å². The first-order chi connectivity index (χ1) is 10.4. The summed E-state index contributed by atoms with van der Waals surface area (Å²) in [5, 5.41) is 3.35. The van der Waals surface area contributed by atoms with Crippen LogP contribution >= 0.6 is 0 Å². The normalized spacial score (nSPS) is 15.2. The molecule has 0 radical (unpaired) electrons. The number of rotatable bonds is 4. The highest BCUT2D eigenvalue weighted by molar-refractivity contribution is 5.57. The average Bonchev–Trinajstić information content (AvgIpc) is 2.56. The molecule has 0 spiro atoms. The summed E-state index contributed by atoms with van der Waals surface area (Å²) in [6, 6.07) is 5.86. The van der Waals surface area contributed by atoms with Crippen molar-refractivity contribution in [3.63, 3.8) is 0 Å². The summed E-state index contributed by atoms with van der Waals surface area (Å²) in [5.74, 6) is 1.69. The van der Waals surface area contributed by atoms with Gasteiger partial charge in [0.1, 0.15) is 5.82 Å². The fourth-order valence-electron chi connectivity index (χ4n) is 2.39. The third kappa shape index (κ3) is 3.34. The lowest BCUT2D eigenvalue weighted by Gasteiger charge is -2.28. The van der Waals surface area contributed by atoms with Crippen LogP contribution in [0, 0.1) is 0 Å². The van der Waals surface area contributed by atoms with Crippen LogP contribution in [0.4, 0.5) is 5.82 Å². The van der Waals surface area contributed by atoms with Gasteiger partial charge in [-0.3, -0.25) is 4.98 Å². The zero-order chi connectivity index (χ0) is 14.5. The number of pyridine rings is 1. The highest BCUT2D eigenvalue weighted by atomic mass is 16.5. The van der Waals surface area contributed by atoms with E-state index in [1.54, 1.807) is 19.5 Å². The molecule has 3 heterocycles. The Hall–Kier alpha value is -2.05. The SMILES string of the molecule is COCc1cc(N2CCNCC2)nc(-c2ccncc2)n1. The highest BCUT2D eigenvalue weighted by Gasteiger charge is 2.15. The van der Waals surface area contributed by atoms with Gasteiger partial charge in [-0.1, -0.05) is 0 Å². The number of hydrogen-bond acceptors (Lipinski definition) is 6. The second-order valence-corrected chi connectivity index (χ2v) is 4.95. The van der Waals surface area contributed by atoms with Crippen molar-refractivity contribution < 1.29 is 4.74 Å². The zero-order valence-electron chi connectivity index (χ0n) is 12.1. The van der Waals surface area contributed by atoms with E-state index in [4.69, 9.17) is 9.72 Å². The molecule has 0 bridgehead atoms. The number of ether oxygens (including phenoxy) is 1. The summed E-state index contributed by atoms with van der Waals surface area (Å²) in [6.07, 6.45) is 3.51. The van der Waals surface area contributed by atoms with Gasteiger partial charge in [0.2, 0.25) is 0 Å². The highest BCUT2D eigenvalue weighted by Crippen LogP contribution is 2.20. The number of piperazine rings is 1. The van der Waals surface area contributed by atoms with Gasteiger partial charge in [0, 0.05) is 57.3 Å². The molecule has 1 saturated heterocycles. The monoisotopic (exact) mass is 285 g/mol. The van der Waals surface area contributed by atoms with E-state index in [2.05, 4.69) is 20.2 Å². The van der Waals surface area contributed by atoms with Gasteiger partial charge in [-0.2, -0.15) is 0 Å². The van der Waals surface area contributed by atoms with E-state index >= 15 is 0 Å². The molecule has 2 aromatic rings. The maximum atomic E-state index is 5.23. The Kier molecular flexibility index (Phi) is 4.37. The van der Waals surface area contributed by atoms with Crippen molar-refractivity contribution in [2.24, 2.45) is 0 Å². The second-order valence-electron chi connectivity index (χ2n) is 4.95. The molecule has 0 aliphatic carbocycles. The van der Waals surface area contributed by atoms with Crippen LogP contribution in [0.25, 0.3) is 11.4 Å². The van der Waals surface area contributed by atoms with Crippen molar-refractivity contribution in [1.82, 2.24) is 20.3 Å². The first-order valence-corrected chi connectivity index (χ1v) is 7.10. The molecule has 21 heavy (non-hydrogen) atoms. The predicted octanol–water partition coefficient (Wildman–Crippen LogP) is 1.09. The lowest BCUT2D eigenvalue weighted by molar-refractivity contribution is 0.181. The minimum atomic E-state index is 0.486. The number of nitrogens with zero attached hydrogens (tertiary/aromatic N) is 4. The van der Waals surface area contributed by atoms with Gasteiger partial charge in [-0.05, 0) is 12.1 Å². The fraction of sp³-hybridized carbons (Fsp3) is 0.400. The zero-order valence-corrected chi connectivity index (χ0v) is 12.1. The second kappa shape index (κ2) is 6.60. The van der Waals surface area contributed by atoms with Gasteiger partial charge in [0.25, 0.3) is 0 Å². The van der Waals surface area contributed by atoms with Gasteiger partial charge in [-0.15, -0.1) is 0 Å². The average molecular weight is 285 g/mol. The van der Waals surface area contributed by atoms with Crippen LogP contribution in [0.5, 0.6) is 0 Å². The van der Waals surface area contributed by atoms with Crippen LogP contribution in [0.3, 0.4) is 0 Å². The lowest BCUT2D eigenvalue weighted by Crippen LogP contribution is -2.44. The van der Waals surface area contributed by atoms with Crippen molar-refractivity contribution in [3.8, 4) is 11.4 Å². The number of anilines is 1. The van der Waals surface area contributed by atoms with Crippen LogP contribution in [0.1, 0.15) is 5.69 Å². The molecule has 6 heteroatoms. The molecule has 0 atom stereocenters. The summed E-state index contributed by atoms with van der Waals surface area (Å²) in [6.45, 7) is 4.36. The number of aromatic nitrogens is 3. The van der Waals surface area contributed by atoms with E-state index in [1.807, 2.05) is 18.2 Å². The molecule has 2 aromatic heterocycles. The van der Waals surface area contributed by atoms with Crippen molar-refractivity contribution in [2.45, 2.75) is 6.61 Å². The van der Waals surface area contributed by atoms with Crippen molar-refractivity contribution in [1.29, 1.82) is 0 Å². The largest absolute Gasteiger partial charge is 0.378 e. The molecule has 1 aliphatic rings. The topological polar surface area (TPSA) is 63.2 Å². The molecule has 1 N–H and O–H groups in total. The van der Waals surface area contributed by atoms with Gasteiger partial charge in [0.15, 0.2) is 5.82 Å². The van der Waals surface area contributed by atoms with E-state index in [0.29, 0.717) is 6.61 Å². The maximum absolute atomic E-state index is 5.23. The van der Waals surface area contributed by atoms with E-state index in [-0.39, 0.29) is 0 Å². The van der Waals surface area contributed by atoms with Crippen LogP contribution in [-0.4, -0.2) is 48.2 Å². The van der Waals surface area contributed by atoms with Gasteiger partial charge >= 0.3 is 0 Å². The Morgan fingerprint density at radius 2 is 1.95 bits per heavy atom. The predicted molar refractivity (Wildman–Crippen MR) is 81.1 cm³/mol. The van der Waals surface area contributed by atoms with Crippen LogP contribution < -0.4 is 10.2 Å². The van der Waals surface area contributed by atoms with E-state index in [1.165, 1.54) is 0 Å². The van der Waals surface area contributed by atoms with Gasteiger partial charge in [0.05, 0.1) is 12.3 Å². The summed E-state index contributed by atoms with van der Waals surface area (Å²) < 4.78 is 5.23. The van der Waals surface area contributed by atoms with Gasteiger partial charge < -0.3 is 15.0 Å². The lowest BCUT2D eigenvalue weighted by atomic mass is 10.2. The molecule has 1 fully saturated rings. The number of hydrogen-bond donors (Lipinski definition) is 1. The van der Waals surface area contributed by atoms with Crippen LogP contribution in [0.15, 0.2) is 30.6 Å².